The molecule has 0 aliphatic rings. The Kier molecular flexibility index (Phi) is 6.89. The molecule has 2 rings (SSSR count). The van der Waals surface area contributed by atoms with Gasteiger partial charge in [0.25, 0.3) is 5.91 Å². The Balaban J connectivity index is 2.32. The van der Waals surface area contributed by atoms with E-state index in [4.69, 9.17) is 14.2 Å². The third kappa shape index (κ3) is 4.69. The molecule has 0 heterocycles. The Hall–Kier alpha value is -2.69. The molecule has 26 heavy (non-hydrogen) atoms. The molecule has 1 atom stereocenters. The fourth-order valence-electron chi connectivity index (χ4n) is 2.89. The third-order valence-electron chi connectivity index (χ3n) is 4.19. The van der Waals surface area contributed by atoms with Crippen LogP contribution in [0.1, 0.15) is 42.2 Å². The van der Waals surface area contributed by atoms with Crippen molar-refractivity contribution in [2.24, 2.45) is 5.92 Å². The molecular weight excluding hydrogens is 330 g/mol. The summed E-state index contributed by atoms with van der Waals surface area (Å²) >= 11 is 0. The van der Waals surface area contributed by atoms with Gasteiger partial charge in [-0.15, -0.1) is 0 Å². The predicted molar refractivity (Wildman–Crippen MR) is 102 cm³/mol. The number of ether oxygens (including phenoxy) is 3. The van der Waals surface area contributed by atoms with Crippen LogP contribution in [0.2, 0.25) is 0 Å². The lowest BCUT2D eigenvalue weighted by atomic mass is 9.96. The number of carbonyl (C=O) groups is 1. The first-order chi connectivity index (χ1) is 12.5. The Labute approximate surface area is 155 Å². The Bertz CT molecular complexity index is 703. The van der Waals surface area contributed by atoms with Crippen molar-refractivity contribution in [1.82, 2.24) is 5.32 Å². The summed E-state index contributed by atoms with van der Waals surface area (Å²) in [6.07, 6.45) is 0.815. The highest BCUT2D eigenvalue weighted by molar-refractivity contribution is 6.00. The van der Waals surface area contributed by atoms with Crippen LogP contribution >= 0.6 is 0 Å². The number of amides is 1. The minimum atomic E-state index is -0.222. The molecule has 0 aliphatic carbocycles. The quantitative estimate of drug-likeness (QED) is 0.768. The highest BCUT2D eigenvalue weighted by Crippen LogP contribution is 2.30. The molecule has 0 bridgehead atoms. The van der Waals surface area contributed by atoms with Crippen LogP contribution in [0.25, 0.3) is 0 Å². The smallest absolute Gasteiger partial charge is 0.259 e. The second-order valence-corrected chi connectivity index (χ2v) is 6.47. The van der Waals surface area contributed by atoms with Crippen molar-refractivity contribution >= 4 is 5.91 Å². The molecule has 140 valence electrons. The standard InChI is InChI=1S/C21H27NO4/c1-14(2)13-17(15-9-11-16(24-3)12-10-15)22-21(23)20-18(25-4)7-6-8-19(20)26-5/h6-12,14,17H,13H2,1-5H3,(H,22,23). The van der Waals surface area contributed by atoms with Gasteiger partial charge in [0.1, 0.15) is 22.8 Å². The molecule has 1 unspecified atom stereocenters. The van der Waals surface area contributed by atoms with Gasteiger partial charge in [-0.05, 0) is 42.2 Å². The fourth-order valence-corrected chi connectivity index (χ4v) is 2.89. The number of hydrogen-bond acceptors (Lipinski definition) is 4. The van der Waals surface area contributed by atoms with E-state index in [1.54, 1.807) is 39.5 Å². The molecule has 1 amide bonds. The zero-order valence-corrected chi connectivity index (χ0v) is 16.0. The molecule has 0 aromatic heterocycles. The van der Waals surface area contributed by atoms with E-state index >= 15 is 0 Å². The van der Waals surface area contributed by atoms with Gasteiger partial charge in [-0.25, -0.2) is 0 Å². The molecule has 0 saturated heterocycles. The van der Waals surface area contributed by atoms with Gasteiger partial charge in [0.05, 0.1) is 27.4 Å². The summed E-state index contributed by atoms with van der Waals surface area (Å²) in [6, 6.07) is 12.9. The monoisotopic (exact) mass is 357 g/mol. The van der Waals surface area contributed by atoms with Gasteiger partial charge in [-0.2, -0.15) is 0 Å². The van der Waals surface area contributed by atoms with Crippen molar-refractivity contribution in [1.29, 1.82) is 0 Å². The van der Waals surface area contributed by atoms with E-state index in [2.05, 4.69) is 19.2 Å². The zero-order valence-electron chi connectivity index (χ0n) is 16.0. The van der Waals surface area contributed by atoms with Gasteiger partial charge in [-0.3, -0.25) is 4.79 Å². The van der Waals surface area contributed by atoms with Crippen LogP contribution in [0, 0.1) is 5.92 Å². The second-order valence-electron chi connectivity index (χ2n) is 6.47. The molecule has 0 spiro atoms. The lowest BCUT2D eigenvalue weighted by Crippen LogP contribution is -2.30. The van der Waals surface area contributed by atoms with E-state index in [0.717, 1.165) is 17.7 Å². The number of carbonyl (C=O) groups excluding carboxylic acids is 1. The molecule has 5 heteroatoms. The van der Waals surface area contributed by atoms with E-state index in [1.807, 2.05) is 24.3 Å². The van der Waals surface area contributed by atoms with Crippen LogP contribution in [-0.2, 0) is 0 Å². The largest absolute Gasteiger partial charge is 0.497 e. The number of hydrogen-bond donors (Lipinski definition) is 1. The Morgan fingerprint density at radius 1 is 0.923 bits per heavy atom. The normalized spacial score (nSPS) is 11.8. The Morgan fingerprint density at radius 3 is 1.96 bits per heavy atom. The minimum absolute atomic E-state index is 0.122. The van der Waals surface area contributed by atoms with Crippen LogP contribution in [0.3, 0.4) is 0 Å². The maximum Gasteiger partial charge on any atom is 0.259 e. The maximum absolute atomic E-state index is 13.0. The first-order valence-corrected chi connectivity index (χ1v) is 8.66. The van der Waals surface area contributed by atoms with E-state index in [1.165, 1.54) is 0 Å². The summed E-state index contributed by atoms with van der Waals surface area (Å²) in [5, 5.41) is 3.13. The topological polar surface area (TPSA) is 56.8 Å². The van der Waals surface area contributed by atoms with Gasteiger partial charge in [-0.1, -0.05) is 32.0 Å². The van der Waals surface area contributed by atoms with Gasteiger partial charge in [0.2, 0.25) is 0 Å². The van der Waals surface area contributed by atoms with E-state index < -0.39 is 0 Å². The molecule has 0 aliphatic heterocycles. The lowest BCUT2D eigenvalue weighted by molar-refractivity contribution is 0.0925. The van der Waals surface area contributed by atoms with E-state index in [9.17, 15) is 4.79 Å². The van der Waals surface area contributed by atoms with Crippen LogP contribution in [0.5, 0.6) is 17.2 Å². The Morgan fingerprint density at radius 2 is 1.50 bits per heavy atom. The van der Waals surface area contributed by atoms with E-state index in [0.29, 0.717) is 23.0 Å². The maximum atomic E-state index is 13.0. The average molecular weight is 357 g/mol. The molecule has 5 nitrogen and oxygen atoms in total. The molecular formula is C21H27NO4. The molecule has 0 saturated carbocycles. The van der Waals surface area contributed by atoms with Gasteiger partial charge in [0.15, 0.2) is 0 Å². The van der Waals surface area contributed by atoms with Gasteiger partial charge in [0, 0.05) is 0 Å². The highest BCUT2D eigenvalue weighted by Gasteiger charge is 2.22. The second kappa shape index (κ2) is 9.13. The van der Waals surface area contributed by atoms with Crippen molar-refractivity contribution in [2.45, 2.75) is 26.3 Å². The van der Waals surface area contributed by atoms with Crippen molar-refractivity contribution in [3.8, 4) is 17.2 Å². The summed E-state index contributed by atoms with van der Waals surface area (Å²) in [4.78, 5) is 13.0. The average Bonchev–Trinajstić information content (AvgIpc) is 2.66. The fraction of sp³-hybridized carbons (Fsp3) is 0.381. The number of methoxy groups -OCH3 is 3. The zero-order chi connectivity index (χ0) is 19.1. The summed E-state index contributed by atoms with van der Waals surface area (Å²) < 4.78 is 15.9. The molecule has 2 aromatic carbocycles. The lowest BCUT2D eigenvalue weighted by Gasteiger charge is -2.22. The SMILES string of the molecule is COc1ccc(C(CC(C)C)NC(=O)c2c(OC)cccc2OC)cc1. The van der Waals surface area contributed by atoms with Crippen LogP contribution in [0.15, 0.2) is 42.5 Å². The number of rotatable bonds is 8. The summed E-state index contributed by atoms with van der Waals surface area (Å²) in [5.74, 6) is 1.96. The van der Waals surface area contributed by atoms with Crippen molar-refractivity contribution < 1.29 is 19.0 Å². The summed E-state index contributed by atoms with van der Waals surface area (Å²) in [5.41, 5.74) is 1.43. The number of nitrogens with one attached hydrogen (secondary N) is 1. The van der Waals surface area contributed by atoms with Crippen LogP contribution in [-0.4, -0.2) is 27.2 Å². The minimum Gasteiger partial charge on any atom is -0.497 e. The summed E-state index contributed by atoms with van der Waals surface area (Å²) in [6.45, 7) is 4.26. The number of benzene rings is 2. The third-order valence-corrected chi connectivity index (χ3v) is 4.19. The predicted octanol–water partition coefficient (Wildman–Crippen LogP) is 4.23. The van der Waals surface area contributed by atoms with Crippen molar-refractivity contribution in [3.05, 3.63) is 53.6 Å². The van der Waals surface area contributed by atoms with Crippen molar-refractivity contribution in [2.75, 3.05) is 21.3 Å². The van der Waals surface area contributed by atoms with Crippen molar-refractivity contribution in [3.63, 3.8) is 0 Å². The molecule has 0 radical (unpaired) electrons. The molecule has 1 N–H and O–H groups in total. The highest BCUT2D eigenvalue weighted by atomic mass is 16.5. The van der Waals surface area contributed by atoms with Gasteiger partial charge >= 0.3 is 0 Å². The first kappa shape index (κ1) is 19.6. The van der Waals surface area contributed by atoms with E-state index in [-0.39, 0.29) is 11.9 Å². The van der Waals surface area contributed by atoms with Crippen LogP contribution in [0.4, 0.5) is 0 Å². The first-order valence-electron chi connectivity index (χ1n) is 8.66. The van der Waals surface area contributed by atoms with Crippen LogP contribution < -0.4 is 19.5 Å². The molecule has 0 fully saturated rings. The summed E-state index contributed by atoms with van der Waals surface area (Å²) in [7, 11) is 4.72. The van der Waals surface area contributed by atoms with Gasteiger partial charge < -0.3 is 19.5 Å². The molecule has 2 aromatic rings.